The largest absolute Gasteiger partial charge is 0.480 e. The number of imidazole rings is 1. The number of nitrogens with two attached hydrogens (primary N) is 2. The fourth-order valence-electron chi connectivity index (χ4n) is 3.00. The van der Waals surface area contributed by atoms with Gasteiger partial charge >= 0.3 is 5.97 Å². The number of hydrogen-bond donors (Lipinski definition) is 8. The van der Waals surface area contributed by atoms with Gasteiger partial charge in [-0.2, -0.15) is 12.6 Å². The number of primary amides is 1. The average Bonchev–Trinajstić information content (AvgIpc) is 3.26. The Morgan fingerprint density at radius 1 is 1.06 bits per heavy atom. The predicted octanol–water partition coefficient (Wildman–Crippen LogP) is -1.94. The van der Waals surface area contributed by atoms with E-state index < -0.39 is 53.8 Å². The Balaban J connectivity index is 2.90. The molecular weight excluding hydrogens is 466 g/mol. The van der Waals surface area contributed by atoms with Crippen molar-refractivity contribution >= 4 is 42.2 Å². The second-order valence-corrected chi connectivity index (χ2v) is 8.59. The minimum Gasteiger partial charge on any atom is -0.480 e. The van der Waals surface area contributed by atoms with Gasteiger partial charge in [0.05, 0.1) is 12.4 Å². The van der Waals surface area contributed by atoms with Crippen LogP contribution in [-0.2, 0) is 30.4 Å². The quantitative estimate of drug-likeness (QED) is 0.126. The molecule has 0 spiro atoms. The second kappa shape index (κ2) is 14.2. The Labute approximate surface area is 202 Å². The van der Waals surface area contributed by atoms with Gasteiger partial charge in [0.15, 0.2) is 0 Å². The number of carbonyl (C=O) groups is 5. The minimum atomic E-state index is -1.32. The van der Waals surface area contributed by atoms with Crippen LogP contribution in [0, 0.1) is 5.92 Å². The Hall–Kier alpha value is -3.13. The zero-order valence-electron chi connectivity index (χ0n) is 19.1. The maximum atomic E-state index is 12.8. The van der Waals surface area contributed by atoms with Crippen LogP contribution in [0.3, 0.4) is 0 Å². The van der Waals surface area contributed by atoms with E-state index in [1.165, 1.54) is 12.5 Å². The lowest BCUT2D eigenvalue weighted by molar-refractivity contribution is -0.142. The summed E-state index contributed by atoms with van der Waals surface area (Å²) in [5.74, 6) is -4.07. The number of carbonyl (C=O) groups excluding carboxylic acids is 4. The summed E-state index contributed by atoms with van der Waals surface area (Å²) < 4.78 is 0. The highest BCUT2D eigenvalue weighted by atomic mass is 32.1. The van der Waals surface area contributed by atoms with E-state index in [9.17, 15) is 29.1 Å². The highest BCUT2D eigenvalue weighted by Crippen LogP contribution is 2.05. The number of amides is 4. The molecule has 0 aromatic carbocycles. The molecule has 0 radical (unpaired) electrons. The summed E-state index contributed by atoms with van der Waals surface area (Å²) in [4.78, 5) is 67.2. The van der Waals surface area contributed by atoms with Crippen LogP contribution in [0.2, 0.25) is 0 Å². The minimum absolute atomic E-state index is 0.0827. The van der Waals surface area contributed by atoms with Gasteiger partial charge in [0.25, 0.3) is 0 Å². The molecule has 0 aliphatic heterocycles. The van der Waals surface area contributed by atoms with E-state index >= 15 is 0 Å². The first-order valence-corrected chi connectivity index (χ1v) is 11.3. The normalized spacial score (nSPS) is 14.5. The van der Waals surface area contributed by atoms with Crippen LogP contribution < -0.4 is 27.4 Å². The van der Waals surface area contributed by atoms with Gasteiger partial charge in [-0.05, 0) is 18.8 Å². The van der Waals surface area contributed by atoms with E-state index in [-0.39, 0.29) is 30.9 Å². The third kappa shape index (κ3) is 10.2. The van der Waals surface area contributed by atoms with E-state index in [1.54, 1.807) is 0 Å². The molecule has 0 saturated carbocycles. The van der Waals surface area contributed by atoms with Crippen molar-refractivity contribution in [2.24, 2.45) is 17.4 Å². The van der Waals surface area contributed by atoms with Crippen molar-refractivity contribution in [1.82, 2.24) is 25.9 Å². The molecule has 0 saturated heterocycles. The standard InChI is InChI=1S/C20H33N7O6S/c1-10(2)5-12(21)17(29)27-15(8-34)19(31)25-13(3-4-16(22)28)18(30)26-14(20(32)33)6-11-7-23-9-24-11/h7,9-10,12-15,34H,3-6,8,21H2,1-2H3,(H2,22,28)(H,23,24)(H,25,31)(H,26,30)(H,27,29)(H,32,33). The molecule has 190 valence electrons. The van der Waals surface area contributed by atoms with Gasteiger partial charge < -0.3 is 37.5 Å². The van der Waals surface area contributed by atoms with Crippen LogP contribution in [0.5, 0.6) is 0 Å². The summed E-state index contributed by atoms with van der Waals surface area (Å²) in [7, 11) is 0. The molecule has 0 aliphatic rings. The van der Waals surface area contributed by atoms with Crippen LogP contribution in [-0.4, -0.2) is 74.6 Å². The zero-order chi connectivity index (χ0) is 25.8. The van der Waals surface area contributed by atoms with Gasteiger partial charge in [0.1, 0.15) is 18.1 Å². The van der Waals surface area contributed by atoms with Crippen molar-refractivity contribution in [2.45, 2.75) is 63.7 Å². The zero-order valence-corrected chi connectivity index (χ0v) is 20.0. The summed E-state index contributed by atoms with van der Waals surface area (Å²) in [5.41, 5.74) is 11.5. The monoisotopic (exact) mass is 499 g/mol. The summed E-state index contributed by atoms with van der Waals surface area (Å²) in [5, 5.41) is 16.7. The van der Waals surface area contributed by atoms with Crippen LogP contribution in [0.4, 0.5) is 0 Å². The van der Waals surface area contributed by atoms with Crippen LogP contribution >= 0.6 is 12.6 Å². The molecule has 4 atom stereocenters. The molecule has 1 aromatic heterocycles. The summed E-state index contributed by atoms with van der Waals surface area (Å²) in [6.45, 7) is 3.79. The first-order chi connectivity index (χ1) is 15.9. The van der Waals surface area contributed by atoms with Gasteiger partial charge in [0, 0.05) is 30.5 Å². The fraction of sp³-hybridized carbons (Fsp3) is 0.600. The first-order valence-electron chi connectivity index (χ1n) is 10.7. The number of rotatable bonds is 15. The van der Waals surface area contributed by atoms with Gasteiger partial charge in [0.2, 0.25) is 23.6 Å². The summed E-state index contributed by atoms with van der Waals surface area (Å²) in [6.07, 6.45) is 2.68. The van der Waals surface area contributed by atoms with E-state index in [4.69, 9.17) is 11.5 Å². The number of aromatic nitrogens is 2. The SMILES string of the molecule is CC(C)CC(N)C(=O)NC(CS)C(=O)NC(CCC(N)=O)C(=O)NC(Cc1cnc[nH]1)C(=O)O. The topological polar surface area (TPSA) is 222 Å². The second-order valence-electron chi connectivity index (χ2n) is 8.23. The number of aromatic amines is 1. The lowest BCUT2D eigenvalue weighted by Gasteiger charge is -2.24. The number of nitrogens with one attached hydrogen (secondary N) is 4. The molecule has 14 heteroatoms. The molecule has 4 amide bonds. The molecule has 13 nitrogen and oxygen atoms in total. The Morgan fingerprint density at radius 3 is 2.15 bits per heavy atom. The van der Waals surface area contributed by atoms with Crippen molar-refractivity contribution in [3.05, 3.63) is 18.2 Å². The number of H-pyrrole nitrogens is 1. The lowest BCUT2D eigenvalue weighted by atomic mass is 10.0. The van der Waals surface area contributed by atoms with Crippen molar-refractivity contribution in [3.8, 4) is 0 Å². The molecule has 0 fully saturated rings. The Morgan fingerprint density at radius 2 is 1.65 bits per heavy atom. The number of hydrogen-bond acceptors (Lipinski definition) is 8. The van der Waals surface area contributed by atoms with E-state index in [1.807, 2.05) is 13.8 Å². The summed E-state index contributed by atoms with van der Waals surface area (Å²) in [6, 6.07) is -4.55. The van der Waals surface area contributed by atoms with Crippen LogP contribution in [0.1, 0.15) is 38.8 Å². The maximum Gasteiger partial charge on any atom is 0.326 e. The molecule has 1 rings (SSSR count). The fourth-order valence-corrected chi connectivity index (χ4v) is 3.26. The van der Waals surface area contributed by atoms with Gasteiger partial charge in [-0.3, -0.25) is 19.2 Å². The van der Waals surface area contributed by atoms with Crippen LogP contribution in [0.15, 0.2) is 12.5 Å². The number of nitrogens with zero attached hydrogens (tertiary/aromatic N) is 1. The van der Waals surface area contributed by atoms with Gasteiger partial charge in [-0.1, -0.05) is 13.8 Å². The van der Waals surface area contributed by atoms with E-state index in [0.29, 0.717) is 12.1 Å². The smallest absolute Gasteiger partial charge is 0.326 e. The van der Waals surface area contributed by atoms with Crippen LogP contribution in [0.25, 0.3) is 0 Å². The first kappa shape index (κ1) is 28.9. The van der Waals surface area contributed by atoms with Gasteiger partial charge in [-0.15, -0.1) is 0 Å². The Bertz CT molecular complexity index is 848. The van der Waals surface area contributed by atoms with E-state index in [2.05, 4.69) is 38.5 Å². The maximum absolute atomic E-state index is 12.8. The lowest BCUT2D eigenvalue weighted by Crippen LogP contribution is -2.58. The van der Waals surface area contributed by atoms with Crippen molar-refractivity contribution in [3.63, 3.8) is 0 Å². The Kier molecular flexibility index (Phi) is 12.1. The predicted molar refractivity (Wildman–Crippen MR) is 125 cm³/mol. The molecule has 34 heavy (non-hydrogen) atoms. The third-order valence-electron chi connectivity index (χ3n) is 4.78. The van der Waals surface area contributed by atoms with Crippen molar-refractivity contribution in [2.75, 3.05) is 5.75 Å². The molecule has 9 N–H and O–H groups in total. The third-order valence-corrected chi connectivity index (χ3v) is 5.15. The number of carboxylic acids is 1. The summed E-state index contributed by atoms with van der Waals surface area (Å²) >= 11 is 4.08. The molecule has 0 bridgehead atoms. The highest BCUT2D eigenvalue weighted by molar-refractivity contribution is 7.80. The molecule has 1 aromatic rings. The molecule has 4 unspecified atom stereocenters. The van der Waals surface area contributed by atoms with Crippen molar-refractivity contribution < 1.29 is 29.1 Å². The van der Waals surface area contributed by atoms with Crippen molar-refractivity contribution in [1.29, 1.82) is 0 Å². The van der Waals surface area contributed by atoms with E-state index in [0.717, 1.165) is 0 Å². The molecule has 1 heterocycles. The van der Waals surface area contributed by atoms with Gasteiger partial charge in [-0.25, -0.2) is 9.78 Å². The molecular formula is C20H33N7O6S. The average molecular weight is 500 g/mol. The number of carboxylic acid groups (broad SMARTS) is 1. The highest BCUT2D eigenvalue weighted by Gasteiger charge is 2.30. The number of thiol groups is 1. The molecule has 0 aliphatic carbocycles. The number of aliphatic carboxylic acids is 1.